The van der Waals surface area contributed by atoms with E-state index >= 15 is 0 Å². The minimum Gasteiger partial charge on any atom is -0.507 e. The van der Waals surface area contributed by atoms with Gasteiger partial charge in [-0.05, 0) is 54.8 Å². The van der Waals surface area contributed by atoms with Crippen LogP contribution in [0.1, 0.15) is 32.6 Å². The van der Waals surface area contributed by atoms with Gasteiger partial charge in [0.05, 0.1) is 18.4 Å². The van der Waals surface area contributed by atoms with Crippen LogP contribution in [0.25, 0.3) is 11.6 Å². The van der Waals surface area contributed by atoms with E-state index in [0.29, 0.717) is 22.4 Å². The molecule has 0 saturated heterocycles. The fourth-order valence-electron chi connectivity index (χ4n) is 2.88. The second kappa shape index (κ2) is 5.85. The molecule has 1 aliphatic heterocycles. The molecule has 0 radical (unpaired) electrons. The molecule has 0 fully saturated rings. The van der Waals surface area contributed by atoms with E-state index in [1.807, 2.05) is 26.0 Å². The van der Waals surface area contributed by atoms with Crippen LogP contribution in [0.15, 0.2) is 30.3 Å². The molecule has 2 N–H and O–H groups in total. The maximum Gasteiger partial charge on any atom is 0.339 e. The highest BCUT2D eigenvalue weighted by Gasteiger charge is 2.28. The van der Waals surface area contributed by atoms with Gasteiger partial charge < -0.3 is 15.2 Å². The lowest BCUT2D eigenvalue weighted by Crippen LogP contribution is -2.08. The second-order valence-electron chi connectivity index (χ2n) is 5.74. The van der Waals surface area contributed by atoms with Crippen LogP contribution in [0.4, 0.5) is 5.69 Å². The number of carbonyl (C=O) groups excluding carboxylic acids is 2. The fraction of sp³-hybridized carbons (Fsp3) is 0.158. The fourth-order valence-corrected chi connectivity index (χ4v) is 2.88. The van der Waals surface area contributed by atoms with Crippen molar-refractivity contribution in [1.82, 2.24) is 0 Å². The molecule has 1 amide bonds. The number of methoxy groups -OCH3 is 1. The number of benzene rings is 2. The minimum absolute atomic E-state index is 0.251. The van der Waals surface area contributed by atoms with Gasteiger partial charge >= 0.3 is 5.97 Å². The Morgan fingerprint density at radius 3 is 2.50 bits per heavy atom. The van der Waals surface area contributed by atoms with Crippen molar-refractivity contribution in [2.45, 2.75) is 13.8 Å². The number of ether oxygens (including phenoxy) is 1. The predicted octanol–water partition coefficient (Wildman–Crippen LogP) is 3.29. The Bertz CT molecular complexity index is 873. The maximum absolute atomic E-state index is 12.4. The van der Waals surface area contributed by atoms with Crippen molar-refractivity contribution < 1.29 is 19.4 Å². The minimum atomic E-state index is -0.496. The molecule has 0 spiro atoms. The van der Waals surface area contributed by atoms with Crippen LogP contribution in [0, 0.1) is 13.8 Å². The molecule has 122 valence electrons. The summed E-state index contributed by atoms with van der Waals surface area (Å²) in [6, 6.07) is 8.73. The molecule has 0 bridgehead atoms. The Labute approximate surface area is 139 Å². The number of phenols is 1. The molecule has 2 aromatic rings. The SMILES string of the molecule is COC(=O)c1cccc2c1NC(=O)C2=Cc1cc(C)c(O)c(C)c1. The van der Waals surface area contributed by atoms with Crippen LogP contribution in [-0.4, -0.2) is 24.1 Å². The third kappa shape index (κ3) is 2.54. The first-order valence-electron chi connectivity index (χ1n) is 7.47. The molecule has 0 saturated carbocycles. The number of carbonyl (C=O) groups is 2. The van der Waals surface area contributed by atoms with Gasteiger partial charge in [0.1, 0.15) is 5.75 Å². The number of amides is 1. The highest BCUT2D eigenvalue weighted by molar-refractivity contribution is 6.36. The van der Waals surface area contributed by atoms with Gasteiger partial charge in [-0.2, -0.15) is 0 Å². The van der Waals surface area contributed by atoms with Crippen molar-refractivity contribution in [3.63, 3.8) is 0 Å². The Hall–Kier alpha value is -3.08. The summed E-state index contributed by atoms with van der Waals surface area (Å²) in [7, 11) is 1.30. The van der Waals surface area contributed by atoms with Crippen molar-refractivity contribution in [3.05, 3.63) is 58.1 Å². The molecule has 0 aliphatic carbocycles. The number of esters is 1. The van der Waals surface area contributed by atoms with E-state index in [9.17, 15) is 14.7 Å². The van der Waals surface area contributed by atoms with Crippen molar-refractivity contribution in [3.8, 4) is 5.75 Å². The van der Waals surface area contributed by atoms with E-state index in [1.54, 1.807) is 24.3 Å². The molecule has 0 unspecified atom stereocenters. The number of hydrogen-bond acceptors (Lipinski definition) is 4. The van der Waals surface area contributed by atoms with Crippen LogP contribution in [0.3, 0.4) is 0 Å². The standard InChI is InChI=1S/C19H17NO4/c1-10-7-12(8-11(2)17(10)21)9-15-13-5-4-6-14(19(23)24-3)16(13)20-18(15)22/h4-9,21H,1-3H3,(H,20,22). The van der Waals surface area contributed by atoms with E-state index in [-0.39, 0.29) is 11.7 Å². The quantitative estimate of drug-likeness (QED) is 0.657. The number of para-hydroxylation sites is 1. The van der Waals surface area contributed by atoms with Crippen molar-refractivity contribution in [1.29, 1.82) is 0 Å². The molecule has 24 heavy (non-hydrogen) atoms. The first-order valence-corrected chi connectivity index (χ1v) is 7.47. The van der Waals surface area contributed by atoms with Crippen LogP contribution < -0.4 is 5.32 Å². The normalized spacial score (nSPS) is 14.5. The third-order valence-corrected chi connectivity index (χ3v) is 4.07. The van der Waals surface area contributed by atoms with E-state index in [0.717, 1.165) is 16.7 Å². The molecular formula is C19H17NO4. The highest BCUT2D eigenvalue weighted by atomic mass is 16.5. The van der Waals surface area contributed by atoms with Gasteiger partial charge in [-0.3, -0.25) is 4.79 Å². The topological polar surface area (TPSA) is 75.6 Å². The van der Waals surface area contributed by atoms with Gasteiger partial charge in [0.25, 0.3) is 5.91 Å². The summed E-state index contributed by atoms with van der Waals surface area (Å²) in [5, 5.41) is 12.6. The van der Waals surface area contributed by atoms with Gasteiger partial charge in [0.2, 0.25) is 0 Å². The largest absolute Gasteiger partial charge is 0.507 e. The molecule has 1 heterocycles. The molecule has 1 aliphatic rings. The zero-order chi connectivity index (χ0) is 17.4. The van der Waals surface area contributed by atoms with Gasteiger partial charge in [0, 0.05) is 11.1 Å². The summed E-state index contributed by atoms with van der Waals surface area (Å²) in [5.74, 6) is -0.518. The summed E-state index contributed by atoms with van der Waals surface area (Å²) in [6.45, 7) is 3.62. The monoisotopic (exact) mass is 323 g/mol. The van der Waals surface area contributed by atoms with Crippen molar-refractivity contribution >= 4 is 29.2 Å². The molecule has 5 nitrogen and oxygen atoms in total. The smallest absolute Gasteiger partial charge is 0.339 e. The van der Waals surface area contributed by atoms with Crippen molar-refractivity contribution in [2.75, 3.05) is 12.4 Å². The van der Waals surface area contributed by atoms with E-state index < -0.39 is 5.97 Å². The number of rotatable bonds is 2. The number of nitrogens with one attached hydrogen (secondary N) is 1. The lowest BCUT2D eigenvalue weighted by atomic mass is 9.99. The maximum atomic E-state index is 12.4. The summed E-state index contributed by atoms with van der Waals surface area (Å²) < 4.78 is 4.76. The predicted molar refractivity (Wildman–Crippen MR) is 91.9 cm³/mol. The van der Waals surface area contributed by atoms with Crippen LogP contribution in [-0.2, 0) is 9.53 Å². The molecule has 0 atom stereocenters. The number of phenolic OH excluding ortho intramolecular Hbond substituents is 1. The first-order chi connectivity index (χ1) is 11.4. The summed E-state index contributed by atoms with van der Waals surface area (Å²) in [5.41, 5.74) is 4.21. The first kappa shape index (κ1) is 15.8. The van der Waals surface area contributed by atoms with E-state index in [1.165, 1.54) is 7.11 Å². The van der Waals surface area contributed by atoms with Crippen LogP contribution in [0.5, 0.6) is 5.75 Å². The summed E-state index contributed by atoms with van der Waals surface area (Å²) in [4.78, 5) is 24.2. The van der Waals surface area contributed by atoms with Gasteiger partial charge in [-0.15, -0.1) is 0 Å². The number of fused-ring (bicyclic) bond motifs is 1. The third-order valence-electron chi connectivity index (χ3n) is 4.07. The van der Waals surface area contributed by atoms with Crippen LogP contribution in [0.2, 0.25) is 0 Å². The molecule has 5 heteroatoms. The van der Waals surface area contributed by atoms with Crippen LogP contribution >= 0.6 is 0 Å². The number of aryl methyl sites for hydroxylation is 2. The molecular weight excluding hydrogens is 306 g/mol. The number of anilines is 1. The molecule has 3 rings (SSSR count). The lowest BCUT2D eigenvalue weighted by molar-refractivity contribution is -0.110. The van der Waals surface area contributed by atoms with Gasteiger partial charge in [-0.25, -0.2) is 4.79 Å². The average molecular weight is 323 g/mol. The van der Waals surface area contributed by atoms with Gasteiger partial charge in [0.15, 0.2) is 0 Å². The Kier molecular flexibility index (Phi) is 3.85. The zero-order valence-corrected chi connectivity index (χ0v) is 13.6. The average Bonchev–Trinajstić information content (AvgIpc) is 2.87. The zero-order valence-electron chi connectivity index (χ0n) is 13.6. The lowest BCUT2D eigenvalue weighted by Gasteiger charge is -2.06. The molecule has 0 aromatic heterocycles. The number of hydrogen-bond donors (Lipinski definition) is 2. The Morgan fingerprint density at radius 2 is 1.88 bits per heavy atom. The van der Waals surface area contributed by atoms with Crippen molar-refractivity contribution in [2.24, 2.45) is 0 Å². The van der Waals surface area contributed by atoms with Gasteiger partial charge in [-0.1, -0.05) is 12.1 Å². The summed E-state index contributed by atoms with van der Waals surface area (Å²) >= 11 is 0. The summed E-state index contributed by atoms with van der Waals surface area (Å²) in [6.07, 6.45) is 1.75. The van der Waals surface area contributed by atoms with E-state index in [2.05, 4.69) is 5.32 Å². The second-order valence-corrected chi connectivity index (χ2v) is 5.74. The Balaban J connectivity index is 2.13. The molecule has 2 aromatic carbocycles. The Morgan fingerprint density at radius 1 is 1.21 bits per heavy atom. The van der Waals surface area contributed by atoms with E-state index in [4.69, 9.17) is 4.74 Å². The highest BCUT2D eigenvalue weighted by Crippen LogP contribution is 2.36. The number of aromatic hydroxyl groups is 1.